The van der Waals surface area contributed by atoms with Crippen molar-refractivity contribution in [3.8, 4) is 0 Å². The number of hydrogen-bond acceptors (Lipinski definition) is 7. The fourth-order valence-electron chi connectivity index (χ4n) is 2.69. The minimum Gasteiger partial charge on any atom is -0.533 e. The topological polar surface area (TPSA) is 135 Å². The van der Waals surface area contributed by atoms with Gasteiger partial charge in [-0.25, -0.2) is 8.42 Å². The number of carbonyl (C=O) groups excluding carboxylic acids is 2. The third-order valence-electron chi connectivity index (χ3n) is 4.01. The molecule has 1 heterocycles. The highest BCUT2D eigenvalue weighted by Gasteiger charge is 2.45. The van der Waals surface area contributed by atoms with E-state index in [0.717, 1.165) is 17.7 Å². The molecule has 136 valence electrons. The summed E-state index contributed by atoms with van der Waals surface area (Å²) in [5.41, 5.74) is -1.43. The molecule has 10 heteroatoms. The van der Waals surface area contributed by atoms with Gasteiger partial charge in [-0.05, 0) is 43.7 Å². The van der Waals surface area contributed by atoms with Crippen LogP contribution in [0.4, 0.5) is 0 Å². The molecular formula is C16H13N2O7S-. The van der Waals surface area contributed by atoms with E-state index in [1.165, 1.54) is 18.2 Å². The van der Waals surface area contributed by atoms with Crippen LogP contribution in [0.25, 0.3) is 4.72 Å². The van der Waals surface area contributed by atoms with Crippen LogP contribution in [0.1, 0.15) is 12.0 Å². The van der Waals surface area contributed by atoms with Gasteiger partial charge < -0.3 is 9.46 Å². The van der Waals surface area contributed by atoms with Crippen molar-refractivity contribution in [2.75, 3.05) is 0 Å². The molecule has 1 aromatic carbocycles. The second-order valence-electron chi connectivity index (χ2n) is 5.97. The number of ether oxygens (including phenoxy) is 1. The summed E-state index contributed by atoms with van der Waals surface area (Å²) >= 11 is 0. The van der Waals surface area contributed by atoms with Crippen LogP contribution in [-0.2, 0) is 24.3 Å². The van der Waals surface area contributed by atoms with E-state index >= 15 is 0 Å². The molecule has 1 aromatic rings. The predicted octanol–water partition coefficient (Wildman–Crippen LogP) is 1.41. The molecule has 0 amide bonds. The van der Waals surface area contributed by atoms with Crippen LogP contribution in [0, 0.1) is 17.0 Å². The van der Waals surface area contributed by atoms with Crippen molar-refractivity contribution in [3.05, 3.63) is 68.6 Å². The van der Waals surface area contributed by atoms with Gasteiger partial charge in [0.15, 0.2) is 5.60 Å². The lowest BCUT2D eigenvalue weighted by Gasteiger charge is -2.26. The van der Waals surface area contributed by atoms with E-state index in [1.807, 2.05) is 0 Å². The number of carbonyl (C=O) groups is 2. The summed E-state index contributed by atoms with van der Waals surface area (Å²) in [5.74, 6) is -1.76. The number of hydrogen-bond donors (Lipinski definition) is 0. The second kappa shape index (κ2) is 6.15. The van der Waals surface area contributed by atoms with Crippen LogP contribution in [-0.4, -0.2) is 36.7 Å². The third kappa shape index (κ3) is 3.28. The number of esters is 1. The SMILES string of the molecule is Cc1ccc(S(=O)(=O)[N-][C@H]2C[C@@]3(C=CC(=O)C([N+](=O)[O-])=C3)OC2=O)cc1. The summed E-state index contributed by atoms with van der Waals surface area (Å²) < 4.78 is 33.5. The molecule has 0 aromatic heterocycles. The first kappa shape index (κ1) is 18.0. The highest BCUT2D eigenvalue weighted by molar-refractivity contribution is 7.94. The number of sulfonamides is 1. The molecule has 0 unspecified atom stereocenters. The van der Waals surface area contributed by atoms with Gasteiger partial charge in [-0.2, -0.15) is 0 Å². The molecule has 26 heavy (non-hydrogen) atoms. The monoisotopic (exact) mass is 377 g/mol. The van der Waals surface area contributed by atoms with E-state index in [4.69, 9.17) is 4.74 Å². The zero-order valence-corrected chi connectivity index (χ0v) is 14.3. The lowest BCUT2D eigenvalue weighted by molar-refractivity contribution is -0.419. The van der Waals surface area contributed by atoms with Crippen molar-refractivity contribution in [2.45, 2.75) is 29.9 Å². The normalized spacial score (nSPS) is 25.3. The third-order valence-corrected chi connectivity index (χ3v) is 5.41. The average Bonchev–Trinajstić information content (AvgIpc) is 2.85. The molecular weight excluding hydrogens is 364 g/mol. The fourth-order valence-corrected chi connectivity index (χ4v) is 3.78. The first-order valence-electron chi connectivity index (χ1n) is 7.49. The molecule has 1 aliphatic carbocycles. The van der Waals surface area contributed by atoms with Crippen molar-refractivity contribution >= 4 is 21.8 Å². The van der Waals surface area contributed by atoms with Crippen LogP contribution < -0.4 is 0 Å². The van der Waals surface area contributed by atoms with E-state index in [-0.39, 0.29) is 11.3 Å². The molecule has 1 spiro atoms. The highest BCUT2D eigenvalue weighted by atomic mass is 32.2. The molecule has 1 aliphatic heterocycles. The van der Waals surface area contributed by atoms with E-state index in [2.05, 4.69) is 4.72 Å². The van der Waals surface area contributed by atoms with Gasteiger partial charge in [0.2, 0.25) is 0 Å². The molecule has 2 atom stereocenters. The quantitative estimate of drug-likeness (QED) is 0.440. The maximum absolute atomic E-state index is 12.4. The van der Waals surface area contributed by atoms with Gasteiger partial charge in [0.1, 0.15) is 10.0 Å². The van der Waals surface area contributed by atoms with E-state index in [0.29, 0.717) is 0 Å². The zero-order chi connectivity index (χ0) is 19.1. The maximum atomic E-state index is 12.4. The van der Waals surface area contributed by atoms with Crippen molar-refractivity contribution in [1.82, 2.24) is 0 Å². The Hall–Kier alpha value is -2.85. The van der Waals surface area contributed by atoms with Crippen LogP contribution >= 0.6 is 0 Å². The van der Waals surface area contributed by atoms with Gasteiger partial charge in [0, 0.05) is 11.0 Å². The average molecular weight is 377 g/mol. The Balaban J connectivity index is 1.85. The summed E-state index contributed by atoms with van der Waals surface area (Å²) in [6, 6.07) is 4.57. The molecule has 9 nitrogen and oxygen atoms in total. The molecule has 1 saturated heterocycles. The first-order valence-corrected chi connectivity index (χ1v) is 8.93. The minimum absolute atomic E-state index is 0.0762. The molecule has 0 saturated carbocycles. The second-order valence-corrected chi connectivity index (χ2v) is 7.61. The maximum Gasteiger partial charge on any atom is 0.316 e. The molecule has 2 aliphatic rings. The molecule has 1 fully saturated rings. The Bertz CT molecular complexity index is 963. The Morgan fingerprint density at radius 1 is 1.27 bits per heavy atom. The number of aryl methyl sites for hydroxylation is 1. The summed E-state index contributed by atoms with van der Waals surface area (Å²) in [6.07, 6.45) is 2.80. The Kier molecular flexibility index (Phi) is 4.24. The van der Waals surface area contributed by atoms with Gasteiger partial charge in [0.25, 0.3) is 11.8 Å². The van der Waals surface area contributed by atoms with E-state index in [9.17, 15) is 28.1 Å². The summed E-state index contributed by atoms with van der Waals surface area (Å²) in [5, 5.41) is 10.9. The lowest BCUT2D eigenvalue weighted by atomic mass is 9.91. The van der Waals surface area contributed by atoms with Crippen molar-refractivity contribution in [3.63, 3.8) is 0 Å². The number of benzene rings is 1. The van der Waals surface area contributed by atoms with Gasteiger partial charge in [-0.3, -0.25) is 19.7 Å². The first-order chi connectivity index (χ1) is 12.1. The van der Waals surface area contributed by atoms with Gasteiger partial charge in [0.05, 0.1) is 4.92 Å². The number of nitro groups is 1. The molecule has 3 rings (SSSR count). The number of ketones is 1. The van der Waals surface area contributed by atoms with E-state index in [1.54, 1.807) is 19.1 Å². The van der Waals surface area contributed by atoms with Crippen LogP contribution in [0.5, 0.6) is 0 Å². The van der Waals surface area contributed by atoms with Crippen LogP contribution in [0.15, 0.2) is 53.1 Å². The highest BCUT2D eigenvalue weighted by Crippen LogP contribution is 2.38. The summed E-state index contributed by atoms with van der Waals surface area (Å²) in [4.78, 5) is 33.6. The minimum atomic E-state index is -4.11. The Morgan fingerprint density at radius 2 is 1.92 bits per heavy atom. The Labute approximate surface area is 148 Å². The molecule has 0 N–H and O–H groups in total. The Morgan fingerprint density at radius 3 is 2.54 bits per heavy atom. The van der Waals surface area contributed by atoms with Crippen molar-refractivity contribution in [1.29, 1.82) is 0 Å². The smallest absolute Gasteiger partial charge is 0.316 e. The molecule has 0 bridgehead atoms. The van der Waals surface area contributed by atoms with Crippen LogP contribution in [0.3, 0.4) is 0 Å². The lowest BCUT2D eigenvalue weighted by Crippen LogP contribution is -2.29. The number of rotatable bonds is 4. The van der Waals surface area contributed by atoms with Crippen molar-refractivity contribution in [2.24, 2.45) is 0 Å². The zero-order valence-electron chi connectivity index (χ0n) is 13.5. The van der Waals surface area contributed by atoms with Crippen LogP contribution in [0.2, 0.25) is 0 Å². The fraction of sp³-hybridized carbons (Fsp3) is 0.250. The van der Waals surface area contributed by atoms with Gasteiger partial charge in [-0.15, -0.1) is 0 Å². The molecule has 0 radical (unpaired) electrons. The standard InChI is InChI=1S/C16H13N2O7S/c1-10-2-4-11(5-3-10)26(23,24)17-12-8-16(25-15(12)20)7-6-14(19)13(9-16)18(21)22/h2-7,9,12H,8H2,1H3/q-1/t12-,16+/m0/s1. The number of nitrogens with zero attached hydrogens (tertiary/aromatic N) is 2. The van der Waals surface area contributed by atoms with Gasteiger partial charge in [-0.1, -0.05) is 17.7 Å². The largest absolute Gasteiger partial charge is 0.533 e. The van der Waals surface area contributed by atoms with E-state index < -0.39 is 44.0 Å². The van der Waals surface area contributed by atoms with Crippen molar-refractivity contribution < 1.29 is 27.7 Å². The predicted molar refractivity (Wildman–Crippen MR) is 88.2 cm³/mol. The summed E-state index contributed by atoms with van der Waals surface area (Å²) in [6.45, 7) is 1.79. The number of allylic oxidation sites excluding steroid dienone is 1. The van der Waals surface area contributed by atoms with Gasteiger partial charge >= 0.3 is 5.70 Å². The summed E-state index contributed by atoms with van der Waals surface area (Å²) in [7, 11) is -4.11.